The van der Waals surface area contributed by atoms with Crippen molar-refractivity contribution in [3.8, 4) is 5.75 Å². The Bertz CT molecular complexity index is 525. The largest absolute Gasteiger partial charge is 0.493 e. The first kappa shape index (κ1) is 14.4. The van der Waals surface area contributed by atoms with Crippen LogP contribution in [0.15, 0.2) is 24.3 Å². The molecule has 114 valence electrons. The van der Waals surface area contributed by atoms with Gasteiger partial charge in [-0.15, -0.1) is 0 Å². The van der Waals surface area contributed by atoms with Crippen molar-refractivity contribution in [1.82, 2.24) is 4.90 Å². The second kappa shape index (κ2) is 5.68. The average Bonchev–Trinajstić information content (AvgIpc) is 2.51. The van der Waals surface area contributed by atoms with Crippen LogP contribution in [0, 0.1) is 5.92 Å². The molecule has 1 fully saturated rings. The van der Waals surface area contributed by atoms with Crippen LogP contribution in [0.1, 0.15) is 38.2 Å². The van der Waals surface area contributed by atoms with E-state index in [1.807, 2.05) is 24.3 Å². The number of carboxylic acid groups (broad SMARTS) is 1. The molecule has 4 heteroatoms. The van der Waals surface area contributed by atoms with Crippen LogP contribution in [0.3, 0.4) is 0 Å². The van der Waals surface area contributed by atoms with Crippen LogP contribution in [0.2, 0.25) is 0 Å². The SMILES string of the molecule is CC1COc2ccccc2C1(CC(=O)O)N1CCCCC1. The fraction of sp³-hybridized carbons (Fsp3) is 0.588. The van der Waals surface area contributed by atoms with Crippen molar-refractivity contribution in [3.05, 3.63) is 29.8 Å². The van der Waals surface area contributed by atoms with E-state index in [9.17, 15) is 9.90 Å². The van der Waals surface area contributed by atoms with Crippen molar-refractivity contribution in [1.29, 1.82) is 0 Å². The Kier molecular flexibility index (Phi) is 3.89. The summed E-state index contributed by atoms with van der Waals surface area (Å²) in [5.41, 5.74) is 0.620. The predicted octanol–water partition coefficient (Wildman–Crippen LogP) is 2.87. The molecule has 21 heavy (non-hydrogen) atoms. The zero-order valence-electron chi connectivity index (χ0n) is 12.5. The summed E-state index contributed by atoms with van der Waals surface area (Å²) >= 11 is 0. The smallest absolute Gasteiger partial charge is 0.305 e. The van der Waals surface area contributed by atoms with E-state index in [-0.39, 0.29) is 12.3 Å². The van der Waals surface area contributed by atoms with Gasteiger partial charge < -0.3 is 9.84 Å². The predicted molar refractivity (Wildman–Crippen MR) is 80.5 cm³/mol. The highest BCUT2D eigenvalue weighted by atomic mass is 16.5. The van der Waals surface area contributed by atoms with Crippen molar-refractivity contribution < 1.29 is 14.6 Å². The second-order valence-corrected chi connectivity index (χ2v) is 6.25. The number of piperidine rings is 1. The first-order valence-electron chi connectivity index (χ1n) is 7.84. The quantitative estimate of drug-likeness (QED) is 0.929. The fourth-order valence-electron chi connectivity index (χ4n) is 3.96. The zero-order chi connectivity index (χ0) is 14.9. The van der Waals surface area contributed by atoms with Gasteiger partial charge in [0.1, 0.15) is 5.75 Å². The number of hydrogen-bond donors (Lipinski definition) is 1. The van der Waals surface area contributed by atoms with Crippen molar-refractivity contribution in [2.24, 2.45) is 5.92 Å². The van der Waals surface area contributed by atoms with E-state index >= 15 is 0 Å². The van der Waals surface area contributed by atoms with Crippen molar-refractivity contribution in [2.75, 3.05) is 19.7 Å². The molecule has 3 rings (SSSR count). The first-order chi connectivity index (χ1) is 10.1. The van der Waals surface area contributed by atoms with Gasteiger partial charge in [-0.1, -0.05) is 31.5 Å². The Balaban J connectivity index is 2.10. The number of ether oxygens (including phenoxy) is 1. The lowest BCUT2D eigenvalue weighted by Gasteiger charge is -2.51. The maximum absolute atomic E-state index is 11.6. The van der Waals surface area contributed by atoms with E-state index in [4.69, 9.17) is 4.74 Å². The second-order valence-electron chi connectivity index (χ2n) is 6.25. The number of nitrogens with zero attached hydrogens (tertiary/aromatic N) is 1. The topological polar surface area (TPSA) is 49.8 Å². The zero-order valence-corrected chi connectivity index (χ0v) is 12.5. The molecule has 0 amide bonds. The summed E-state index contributed by atoms with van der Waals surface area (Å²) in [6.07, 6.45) is 3.69. The normalized spacial score (nSPS) is 29.5. The lowest BCUT2D eigenvalue weighted by atomic mass is 9.72. The number of benzene rings is 1. The highest BCUT2D eigenvalue weighted by Gasteiger charge is 2.49. The van der Waals surface area contributed by atoms with Crippen LogP contribution < -0.4 is 4.74 Å². The third-order valence-corrected chi connectivity index (χ3v) is 5.00. The summed E-state index contributed by atoms with van der Waals surface area (Å²) in [5, 5.41) is 9.54. The number of carboxylic acids is 1. The highest BCUT2D eigenvalue weighted by Crippen LogP contribution is 2.47. The minimum Gasteiger partial charge on any atom is -0.493 e. The molecule has 0 bridgehead atoms. The fourth-order valence-corrected chi connectivity index (χ4v) is 3.96. The lowest BCUT2D eigenvalue weighted by Crippen LogP contribution is -2.56. The molecule has 2 aliphatic rings. The third-order valence-electron chi connectivity index (χ3n) is 5.00. The van der Waals surface area contributed by atoms with Gasteiger partial charge in [0, 0.05) is 11.5 Å². The van der Waals surface area contributed by atoms with Crippen molar-refractivity contribution in [2.45, 2.75) is 38.1 Å². The molecule has 0 radical (unpaired) electrons. The number of likely N-dealkylation sites (tertiary alicyclic amines) is 1. The number of rotatable bonds is 3. The Morgan fingerprint density at radius 3 is 2.76 bits per heavy atom. The molecule has 4 nitrogen and oxygen atoms in total. The number of hydrogen-bond acceptors (Lipinski definition) is 3. The maximum atomic E-state index is 11.6. The van der Waals surface area contributed by atoms with Crippen LogP contribution in [0.4, 0.5) is 0 Å². The number of para-hydroxylation sites is 1. The van der Waals surface area contributed by atoms with Gasteiger partial charge in [0.05, 0.1) is 18.6 Å². The molecule has 1 saturated heterocycles. The van der Waals surface area contributed by atoms with Gasteiger partial charge in [-0.2, -0.15) is 0 Å². The standard InChI is InChI=1S/C17H23NO3/c1-13-12-21-15-8-4-3-7-14(15)17(13,11-16(19)20)18-9-5-2-6-10-18/h3-4,7-8,13H,2,5-6,9-12H2,1H3,(H,19,20). The molecule has 2 atom stereocenters. The highest BCUT2D eigenvalue weighted by molar-refractivity contribution is 5.69. The van der Waals surface area contributed by atoms with Crippen molar-refractivity contribution in [3.63, 3.8) is 0 Å². The van der Waals surface area contributed by atoms with Gasteiger partial charge in [0.25, 0.3) is 0 Å². The Labute approximate surface area is 125 Å². The summed E-state index contributed by atoms with van der Waals surface area (Å²) in [5.74, 6) is 0.285. The Hall–Kier alpha value is -1.55. The van der Waals surface area contributed by atoms with Gasteiger partial charge in [-0.3, -0.25) is 9.69 Å². The van der Waals surface area contributed by atoms with E-state index in [2.05, 4.69) is 11.8 Å². The first-order valence-corrected chi connectivity index (χ1v) is 7.84. The van der Waals surface area contributed by atoms with Crippen LogP contribution in [-0.2, 0) is 10.3 Å². The van der Waals surface area contributed by atoms with E-state index in [1.165, 1.54) is 6.42 Å². The third kappa shape index (κ3) is 2.42. The molecule has 1 aromatic rings. The minimum absolute atomic E-state index is 0.147. The Morgan fingerprint density at radius 2 is 2.05 bits per heavy atom. The number of aliphatic carboxylic acids is 1. The van der Waals surface area contributed by atoms with Gasteiger partial charge in [0.15, 0.2) is 0 Å². The summed E-state index contributed by atoms with van der Waals surface area (Å²) < 4.78 is 5.84. The molecule has 0 aromatic heterocycles. The molecule has 0 aliphatic carbocycles. The van der Waals surface area contributed by atoms with E-state index in [0.29, 0.717) is 6.61 Å². The molecule has 0 saturated carbocycles. The maximum Gasteiger partial charge on any atom is 0.305 e. The molecular formula is C17H23NO3. The average molecular weight is 289 g/mol. The summed E-state index contributed by atoms with van der Waals surface area (Å²) in [6.45, 7) is 4.66. The van der Waals surface area contributed by atoms with Gasteiger partial charge in [0.2, 0.25) is 0 Å². The van der Waals surface area contributed by atoms with Crippen LogP contribution in [0.25, 0.3) is 0 Å². The van der Waals surface area contributed by atoms with Gasteiger partial charge >= 0.3 is 5.97 Å². The summed E-state index contributed by atoms with van der Waals surface area (Å²) in [6, 6.07) is 7.95. The molecule has 2 unspecified atom stereocenters. The van der Waals surface area contributed by atoms with Crippen molar-refractivity contribution >= 4 is 5.97 Å². The van der Waals surface area contributed by atoms with Gasteiger partial charge in [-0.25, -0.2) is 0 Å². The molecular weight excluding hydrogens is 266 g/mol. The van der Waals surface area contributed by atoms with Gasteiger partial charge in [-0.05, 0) is 32.0 Å². The van der Waals surface area contributed by atoms with E-state index in [1.54, 1.807) is 0 Å². The number of fused-ring (bicyclic) bond motifs is 1. The molecule has 2 aliphatic heterocycles. The molecule has 0 spiro atoms. The molecule has 1 N–H and O–H groups in total. The van der Waals surface area contributed by atoms with E-state index < -0.39 is 11.5 Å². The molecule has 1 aromatic carbocycles. The molecule has 2 heterocycles. The van der Waals surface area contributed by atoms with Crippen LogP contribution in [-0.4, -0.2) is 35.7 Å². The van der Waals surface area contributed by atoms with E-state index in [0.717, 1.165) is 37.2 Å². The number of carbonyl (C=O) groups is 1. The monoisotopic (exact) mass is 289 g/mol. The summed E-state index contributed by atoms with van der Waals surface area (Å²) in [7, 11) is 0. The van der Waals surface area contributed by atoms with Crippen LogP contribution in [0.5, 0.6) is 5.75 Å². The van der Waals surface area contributed by atoms with Crippen LogP contribution >= 0.6 is 0 Å². The summed E-state index contributed by atoms with van der Waals surface area (Å²) in [4.78, 5) is 14.0. The minimum atomic E-state index is -0.732. The lowest BCUT2D eigenvalue weighted by molar-refractivity contribution is -0.144. The Morgan fingerprint density at radius 1 is 1.33 bits per heavy atom.